The van der Waals surface area contributed by atoms with Gasteiger partial charge in [0.1, 0.15) is 5.75 Å². The van der Waals surface area contributed by atoms with E-state index in [2.05, 4.69) is 11.9 Å². The molecule has 0 aliphatic carbocycles. The molecule has 1 heterocycles. The van der Waals surface area contributed by atoms with Crippen LogP contribution in [0.5, 0.6) is 5.75 Å². The highest BCUT2D eigenvalue weighted by Crippen LogP contribution is 2.25. The lowest BCUT2D eigenvalue weighted by Crippen LogP contribution is -2.05. The molecule has 2 rings (SSSR count). The molecule has 0 fully saturated rings. The van der Waals surface area contributed by atoms with E-state index in [4.69, 9.17) is 4.74 Å². The van der Waals surface area contributed by atoms with E-state index in [0.29, 0.717) is 6.42 Å². The quantitative estimate of drug-likeness (QED) is 0.785. The second kappa shape index (κ2) is 5.91. The second-order valence-electron chi connectivity index (χ2n) is 5.10. The van der Waals surface area contributed by atoms with Crippen molar-refractivity contribution < 1.29 is 9.53 Å². The van der Waals surface area contributed by atoms with Gasteiger partial charge in [-0.25, -0.2) is 0 Å². The number of benzene rings is 1. The normalized spacial score (nSPS) is 11.2. The van der Waals surface area contributed by atoms with Gasteiger partial charge in [-0.2, -0.15) is 0 Å². The second-order valence-corrected chi connectivity index (χ2v) is 5.10. The number of aromatic amines is 1. The van der Waals surface area contributed by atoms with Gasteiger partial charge in [-0.15, -0.1) is 0 Å². The van der Waals surface area contributed by atoms with Gasteiger partial charge in [0.05, 0.1) is 6.10 Å². The number of unbranched alkanes of at least 4 members (excludes halogenated alkanes) is 1. The zero-order valence-corrected chi connectivity index (χ0v) is 11.8. The third-order valence-electron chi connectivity index (χ3n) is 3.08. The van der Waals surface area contributed by atoms with Gasteiger partial charge in [0.25, 0.3) is 0 Å². The van der Waals surface area contributed by atoms with Crippen LogP contribution in [0.2, 0.25) is 0 Å². The maximum atomic E-state index is 12.2. The predicted molar refractivity (Wildman–Crippen MR) is 77.9 cm³/mol. The molecule has 0 atom stereocenters. The molecule has 0 aliphatic heterocycles. The van der Waals surface area contributed by atoms with Crippen LogP contribution in [-0.4, -0.2) is 16.9 Å². The van der Waals surface area contributed by atoms with Gasteiger partial charge < -0.3 is 9.72 Å². The van der Waals surface area contributed by atoms with Crippen LogP contribution in [0.15, 0.2) is 24.4 Å². The molecule has 0 amide bonds. The number of ketones is 1. The van der Waals surface area contributed by atoms with Crippen molar-refractivity contribution in [2.24, 2.45) is 0 Å². The summed E-state index contributed by atoms with van der Waals surface area (Å²) in [5.74, 6) is 1.02. The van der Waals surface area contributed by atoms with E-state index in [9.17, 15) is 4.79 Å². The Hall–Kier alpha value is -1.77. The zero-order chi connectivity index (χ0) is 13.8. The molecule has 0 saturated heterocycles. The van der Waals surface area contributed by atoms with E-state index in [0.717, 1.165) is 35.1 Å². The maximum absolute atomic E-state index is 12.2. The SMILES string of the molecule is CCCCC(=O)c1c[nH]c2ccc(OC(C)C)cc12. The molecule has 1 aromatic carbocycles. The molecular weight excluding hydrogens is 238 g/mol. The third kappa shape index (κ3) is 3.16. The molecule has 0 radical (unpaired) electrons. The largest absolute Gasteiger partial charge is 0.491 e. The molecule has 1 aromatic heterocycles. The molecule has 3 heteroatoms. The van der Waals surface area contributed by atoms with Crippen molar-refractivity contribution in [3.05, 3.63) is 30.0 Å². The minimum atomic E-state index is 0.135. The minimum Gasteiger partial charge on any atom is -0.491 e. The van der Waals surface area contributed by atoms with Crippen LogP contribution >= 0.6 is 0 Å². The summed E-state index contributed by atoms with van der Waals surface area (Å²) in [7, 11) is 0. The number of carbonyl (C=O) groups excluding carboxylic acids is 1. The highest BCUT2D eigenvalue weighted by atomic mass is 16.5. The standard InChI is InChI=1S/C16H21NO2/c1-4-5-6-16(18)14-10-17-15-8-7-12(9-13(14)15)19-11(2)3/h7-11,17H,4-6H2,1-3H3. The van der Waals surface area contributed by atoms with Crippen molar-refractivity contribution in [3.63, 3.8) is 0 Å². The number of aromatic nitrogens is 1. The van der Waals surface area contributed by atoms with E-state index >= 15 is 0 Å². The number of carbonyl (C=O) groups is 1. The van der Waals surface area contributed by atoms with Gasteiger partial charge in [-0.05, 0) is 38.5 Å². The van der Waals surface area contributed by atoms with Gasteiger partial charge in [0.2, 0.25) is 0 Å². The first-order chi connectivity index (χ1) is 9.11. The number of rotatable bonds is 6. The van der Waals surface area contributed by atoms with Crippen LogP contribution in [0.25, 0.3) is 10.9 Å². The van der Waals surface area contributed by atoms with E-state index in [1.165, 1.54) is 0 Å². The van der Waals surface area contributed by atoms with Crippen LogP contribution < -0.4 is 4.74 Å². The maximum Gasteiger partial charge on any atom is 0.165 e. The van der Waals surface area contributed by atoms with Gasteiger partial charge >= 0.3 is 0 Å². The summed E-state index contributed by atoms with van der Waals surface area (Å²) in [6.45, 7) is 6.08. The lowest BCUT2D eigenvalue weighted by atomic mass is 10.0. The summed E-state index contributed by atoms with van der Waals surface area (Å²) in [6.07, 6.45) is 4.53. The average Bonchev–Trinajstić information content (AvgIpc) is 2.78. The van der Waals surface area contributed by atoms with Crippen molar-refractivity contribution in [1.82, 2.24) is 4.98 Å². The van der Waals surface area contributed by atoms with Crippen molar-refractivity contribution >= 4 is 16.7 Å². The fourth-order valence-electron chi connectivity index (χ4n) is 2.15. The van der Waals surface area contributed by atoms with Crippen LogP contribution in [0, 0.1) is 0 Å². The Morgan fingerprint density at radius 3 is 2.84 bits per heavy atom. The van der Waals surface area contributed by atoms with Crippen LogP contribution in [0.1, 0.15) is 50.4 Å². The molecule has 2 aromatic rings. The predicted octanol–water partition coefficient (Wildman–Crippen LogP) is 4.33. The summed E-state index contributed by atoms with van der Waals surface area (Å²) in [5.41, 5.74) is 1.76. The minimum absolute atomic E-state index is 0.135. The monoisotopic (exact) mass is 259 g/mol. The number of H-pyrrole nitrogens is 1. The first-order valence-electron chi connectivity index (χ1n) is 6.92. The Morgan fingerprint density at radius 1 is 1.37 bits per heavy atom. The van der Waals surface area contributed by atoms with Crippen molar-refractivity contribution in [1.29, 1.82) is 0 Å². The molecule has 0 spiro atoms. The third-order valence-corrected chi connectivity index (χ3v) is 3.08. The van der Waals surface area contributed by atoms with E-state index in [-0.39, 0.29) is 11.9 Å². The molecule has 19 heavy (non-hydrogen) atoms. The Bertz CT molecular complexity index is 569. The average molecular weight is 259 g/mol. The van der Waals surface area contributed by atoms with Gasteiger partial charge in [0, 0.05) is 29.1 Å². The summed E-state index contributed by atoms with van der Waals surface area (Å²) < 4.78 is 5.68. The summed E-state index contributed by atoms with van der Waals surface area (Å²) in [4.78, 5) is 15.3. The smallest absolute Gasteiger partial charge is 0.165 e. The number of hydrogen-bond acceptors (Lipinski definition) is 2. The molecule has 0 saturated carbocycles. The Balaban J connectivity index is 2.31. The molecule has 3 nitrogen and oxygen atoms in total. The number of nitrogens with one attached hydrogen (secondary N) is 1. The van der Waals surface area contributed by atoms with Gasteiger partial charge in [-0.3, -0.25) is 4.79 Å². The summed E-state index contributed by atoms with van der Waals surface area (Å²) >= 11 is 0. The van der Waals surface area contributed by atoms with E-state index < -0.39 is 0 Å². The van der Waals surface area contributed by atoms with Gasteiger partial charge in [0.15, 0.2) is 5.78 Å². The van der Waals surface area contributed by atoms with Crippen LogP contribution in [-0.2, 0) is 0 Å². The highest BCUT2D eigenvalue weighted by molar-refractivity contribution is 6.08. The molecule has 0 unspecified atom stereocenters. The molecule has 0 bridgehead atoms. The number of hydrogen-bond donors (Lipinski definition) is 1. The highest BCUT2D eigenvalue weighted by Gasteiger charge is 2.12. The zero-order valence-electron chi connectivity index (χ0n) is 11.8. The topological polar surface area (TPSA) is 42.1 Å². The first kappa shape index (κ1) is 13.7. The summed E-state index contributed by atoms with van der Waals surface area (Å²) in [6, 6.07) is 5.84. The number of Topliss-reactive ketones (excluding diaryl/α,β-unsaturated/α-hetero) is 1. The van der Waals surface area contributed by atoms with Crippen LogP contribution in [0.4, 0.5) is 0 Å². The number of ether oxygens (including phenoxy) is 1. The lowest BCUT2D eigenvalue weighted by molar-refractivity contribution is 0.0981. The molecule has 1 N–H and O–H groups in total. The Labute approximate surface area is 114 Å². The molecular formula is C16H21NO2. The van der Waals surface area contributed by atoms with E-state index in [1.54, 1.807) is 0 Å². The first-order valence-corrected chi connectivity index (χ1v) is 6.92. The summed E-state index contributed by atoms with van der Waals surface area (Å²) in [5, 5.41) is 0.958. The van der Waals surface area contributed by atoms with Crippen molar-refractivity contribution in [3.8, 4) is 5.75 Å². The lowest BCUT2D eigenvalue weighted by Gasteiger charge is -2.09. The Kier molecular flexibility index (Phi) is 4.25. The fraction of sp³-hybridized carbons (Fsp3) is 0.438. The van der Waals surface area contributed by atoms with Crippen LogP contribution in [0.3, 0.4) is 0 Å². The number of fused-ring (bicyclic) bond motifs is 1. The molecule has 0 aliphatic rings. The van der Waals surface area contributed by atoms with Gasteiger partial charge in [-0.1, -0.05) is 13.3 Å². The van der Waals surface area contributed by atoms with Crippen molar-refractivity contribution in [2.75, 3.05) is 0 Å². The Morgan fingerprint density at radius 2 is 2.16 bits per heavy atom. The fourth-order valence-corrected chi connectivity index (χ4v) is 2.15. The van der Waals surface area contributed by atoms with Crippen molar-refractivity contribution in [2.45, 2.75) is 46.1 Å². The molecule has 102 valence electrons. The van der Waals surface area contributed by atoms with E-state index in [1.807, 2.05) is 38.2 Å².